The number of nitrogens with zero attached hydrogens (tertiary/aromatic N) is 4. The average molecular weight is 445 g/mol. The van der Waals surface area contributed by atoms with E-state index in [4.69, 9.17) is 19.5 Å². The molecule has 1 saturated carbocycles. The Kier molecular flexibility index (Phi) is 8.09. The van der Waals surface area contributed by atoms with Crippen LogP contribution in [0, 0.1) is 0 Å². The lowest BCUT2D eigenvalue weighted by molar-refractivity contribution is -0.106. The van der Waals surface area contributed by atoms with Gasteiger partial charge in [-0.3, -0.25) is 4.79 Å². The molecule has 0 aromatic carbocycles. The Morgan fingerprint density at radius 3 is 2.65 bits per heavy atom. The van der Waals surface area contributed by atoms with Crippen LogP contribution in [0.3, 0.4) is 0 Å². The topological polar surface area (TPSA) is 106 Å². The molecule has 1 saturated heterocycles. The van der Waals surface area contributed by atoms with E-state index >= 15 is 0 Å². The summed E-state index contributed by atoms with van der Waals surface area (Å²) in [5, 5.41) is 3.07. The molecular weight excluding hydrogens is 412 g/mol. The highest BCUT2D eigenvalue weighted by atomic mass is 32.2. The quantitative estimate of drug-likeness (QED) is 0.678. The second-order valence-corrected chi connectivity index (χ2v) is 8.97. The minimum Gasteiger partial charge on any atom is -0.377 e. The number of nitrogens with two attached hydrogens (primary N) is 1. The number of pyridine rings is 1. The summed E-state index contributed by atoms with van der Waals surface area (Å²) < 4.78 is 5.74. The van der Waals surface area contributed by atoms with Crippen molar-refractivity contribution in [1.29, 1.82) is 0 Å². The van der Waals surface area contributed by atoms with Crippen LogP contribution in [0.1, 0.15) is 38.3 Å². The molecule has 2 aromatic rings. The van der Waals surface area contributed by atoms with Gasteiger partial charge in [0.2, 0.25) is 6.41 Å². The van der Waals surface area contributed by atoms with Crippen LogP contribution in [-0.4, -0.2) is 60.5 Å². The first-order valence-corrected chi connectivity index (χ1v) is 11.9. The number of primary amides is 1. The van der Waals surface area contributed by atoms with Crippen molar-refractivity contribution in [2.24, 2.45) is 5.73 Å². The zero-order chi connectivity index (χ0) is 22.3. The van der Waals surface area contributed by atoms with Crippen LogP contribution in [0.4, 0.5) is 11.6 Å². The van der Waals surface area contributed by atoms with Gasteiger partial charge in [0.05, 0.1) is 29.7 Å². The summed E-state index contributed by atoms with van der Waals surface area (Å²) in [6, 6.07) is 6.55. The van der Waals surface area contributed by atoms with E-state index in [9.17, 15) is 0 Å². The molecule has 3 N–H and O–H groups in total. The zero-order valence-electron chi connectivity index (χ0n) is 18.5. The van der Waals surface area contributed by atoms with E-state index in [-0.39, 0.29) is 11.2 Å². The largest absolute Gasteiger partial charge is 0.377 e. The predicted octanol–water partition coefficient (Wildman–Crippen LogP) is 3.04. The standard InChI is InChI=1S/C21H29N5OS.CH3NO/c1-15-14-27-11-10-26(15)19-12-17(21(28-3)8-4-5-9-21)24-20(25-19)16-6-7-18(22-2)23-13-16;2-1-3/h6-7,12-13,15H,4-5,8-11,14H2,1-3H3,(H,22,23);1H,(H2,2,3). The van der Waals surface area contributed by atoms with E-state index in [1.165, 1.54) is 25.7 Å². The SMILES string of the molecule is CNc1ccc(-c2nc(N3CCOCC3C)cc(C3(SC)CCCC3)n2)cn1.NC=O. The second-order valence-electron chi connectivity index (χ2n) is 7.78. The fourth-order valence-electron chi connectivity index (χ4n) is 4.20. The van der Waals surface area contributed by atoms with Crippen molar-refractivity contribution in [3.05, 3.63) is 30.1 Å². The molecule has 0 radical (unpaired) electrons. The average Bonchev–Trinajstić information content (AvgIpc) is 3.30. The maximum Gasteiger partial charge on any atom is 0.204 e. The number of ether oxygens (including phenoxy) is 1. The molecule has 0 spiro atoms. The Morgan fingerprint density at radius 2 is 2.06 bits per heavy atom. The monoisotopic (exact) mass is 444 g/mol. The van der Waals surface area contributed by atoms with Gasteiger partial charge in [-0.05, 0) is 38.2 Å². The summed E-state index contributed by atoms with van der Waals surface area (Å²) in [6.45, 7) is 4.54. The van der Waals surface area contributed by atoms with Gasteiger partial charge in [-0.2, -0.15) is 11.8 Å². The van der Waals surface area contributed by atoms with E-state index < -0.39 is 0 Å². The molecule has 1 amide bonds. The molecule has 2 aliphatic rings. The number of thioether (sulfide) groups is 1. The zero-order valence-corrected chi connectivity index (χ0v) is 19.3. The van der Waals surface area contributed by atoms with Crippen molar-refractivity contribution in [3.63, 3.8) is 0 Å². The Hall–Kier alpha value is -2.39. The molecule has 3 heterocycles. The van der Waals surface area contributed by atoms with Crippen molar-refractivity contribution in [1.82, 2.24) is 15.0 Å². The molecule has 8 nitrogen and oxygen atoms in total. The van der Waals surface area contributed by atoms with Crippen LogP contribution in [0.15, 0.2) is 24.4 Å². The van der Waals surface area contributed by atoms with Crippen LogP contribution >= 0.6 is 11.8 Å². The van der Waals surface area contributed by atoms with Crippen LogP contribution in [0.2, 0.25) is 0 Å². The van der Waals surface area contributed by atoms with Gasteiger partial charge in [-0.15, -0.1) is 0 Å². The number of anilines is 2. The van der Waals surface area contributed by atoms with Crippen LogP contribution in [0.5, 0.6) is 0 Å². The smallest absolute Gasteiger partial charge is 0.204 e. The third-order valence-corrected chi connectivity index (χ3v) is 7.32. The molecule has 1 aliphatic carbocycles. The molecule has 4 rings (SSSR count). The number of nitrogens with one attached hydrogen (secondary N) is 1. The van der Waals surface area contributed by atoms with Crippen LogP contribution in [-0.2, 0) is 14.3 Å². The van der Waals surface area contributed by atoms with Crippen molar-refractivity contribution in [3.8, 4) is 11.4 Å². The van der Waals surface area contributed by atoms with E-state index in [0.29, 0.717) is 6.04 Å². The summed E-state index contributed by atoms with van der Waals surface area (Å²) in [5.41, 5.74) is 6.28. The van der Waals surface area contributed by atoms with Gasteiger partial charge >= 0.3 is 0 Å². The number of carbonyl (C=O) groups is 1. The van der Waals surface area contributed by atoms with E-state index in [1.807, 2.05) is 37.1 Å². The van der Waals surface area contributed by atoms with Gasteiger partial charge in [-0.25, -0.2) is 15.0 Å². The molecular formula is C22H32N6O2S. The Bertz CT molecular complexity index is 858. The molecule has 1 unspecified atom stereocenters. The molecule has 9 heteroatoms. The van der Waals surface area contributed by atoms with E-state index in [1.54, 1.807) is 0 Å². The van der Waals surface area contributed by atoms with Crippen molar-refractivity contribution in [2.75, 3.05) is 43.3 Å². The molecule has 2 aromatic heterocycles. The first-order valence-electron chi connectivity index (χ1n) is 10.7. The van der Waals surface area contributed by atoms with Crippen molar-refractivity contribution < 1.29 is 9.53 Å². The van der Waals surface area contributed by atoms with Crippen molar-refractivity contribution >= 4 is 29.8 Å². The van der Waals surface area contributed by atoms with Crippen LogP contribution < -0.4 is 16.0 Å². The highest BCUT2D eigenvalue weighted by molar-refractivity contribution is 7.99. The third kappa shape index (κ3) is 5.27. The molecule has 1 aliphatic heterocycles. The fraction of sp³-hybridized carbons (Fsp3) is 0.545. The van der Waals surface area contributed by atoms with E-state index in [0.717, 1.165) is 48.5 Å². The van der Waals surface area contributed by atoms with Gasteiger partial charge in [0.15, 0.2) is 5.82 Å². The van der Waals surface area contributed by atoms with Crippen molar-refractivity contribution in [2.45, 2.75) is 43.4 Å². The van der Waals surface area contributed by atoms with Gasteiger partial charge in [-0.1, -0.05) is 12.8 Å². The number of carbonyl (C=O) groups excluding carboxylic acids is 1. The summed E-state index contributed by atoms with van der Waals surface area (Å²) in [6.07, 6.45) is 9.22. The summed E-state index contributed by atoms with van der Waals surface area (Å²) in [5.74, 6) is 2.62. The lowest BCUT2D eigenvalue weighted by atomic mass is 10.0. The summed E-state index contributed by atoms with van der Waals surface area (Å²) in [4.78, 5) is 25.4. The lowest BCUT2D eigenvalue weighted by Gasteiger charge is -2.35. The fourth-order valence-corrected chi connectivity index (χ4v) is 5.21. The second kappa shape index (κ2) is 10.8. The van der Waals surface area contributed by atoms with Crippen LogP contribution in [0.25, 0.3) is 11.4 Å². The highest BCUT2D eigenvalue weighted by Crippen LogP contribution is 2.48. The van der Waals surface area contributed by atoms with Gasteiger partial charge < -0.3 is 20.7 Å². The Morgan fingerprint density at radius 1 is 1.32 bits per heavy atom. The van der Waals surface area contributed by atoms with Gasteiger partial charge in [0, 0.05) is 31.4 Å². The third-order valence-electron chi connectivity index (χ3n) is 5.92. The number of rotatable bonds is 5. The number of hydrogen-bond donors (Lipinski definition) is 2. The normalized spacial score (nSPS) is 20.0. The lowest BCUT2D eigenvalue weighted by Crippen LogP contribution is -2.44. The van der Waals surface area contributed by atoms with Gasteiger partial charge in [0.25, 0.3) is 0 Å². The Labute approximate surface area is 188 Å². The summed E-state index contributed by atoms with van der Waals surface area (Å²) in [7, 11) is 1.87. The minimum absolute atomic E-state index is 0.0975. The molecule has 0 bridgehead atoms. The molecule has 168 valence electrons. The first-order chi connectivity index (χ1) is 15.1. The Balaban J connectivity index is 0.000000858. The number of morpholine rings is 1. The van der Waals surface area contributed by atoms with E-state index in [2.05, 4.69) is 40.2 Å². The predicted molar refractivity (Wildman–Crippen MR) is 126 cm³/mol. The molecule has 31 heavy (non-hydrogen) atoms. The highest BCUT2D eigenvalue weighted by Gasteiger charge is 2.37. The molecule has 2 fully saturated rings. The minimum atomic E-state index is 0.0975. The molecule has 1 atom stereocenters. The summed E-state index contributed by atoms with van der Waals surface area (Å²) >= 11 is 1.94. The number of hydrogen-bond acceptors (Lipinski definition) is 8. The maximum atomic E-state index is 8.58. The number of amides is 1. The van der Waals surface area contributed by atoms with Gasteiger partial charge in [0.1, 0.15) is 11.6 Å². The first kappa shape index (κ1) is 23.3. The maximum absolute atomic E-state index is 8.58. The number of aromatic nitrogens is 3.